The largest absolute Gasteiger partial charge is 0.444 e. The third-order valence-electron chi connectivity index (χ3n) is 2.00. The Morgan fingerprint density at radius 3 is 2.32 bits per heavy atom. The number of nitrogens with one attached hydrogen (secondary N) is 1. The molecule has 0 saturated heterocycles. The molecule has 4 nitrogen and oxygen atoms in total. The van der Waals surface area contributed by atoms with Crippen molar-refractivity contribution in [1.29, 1.82) is 0 Å². The number of benzene rings is 1. The third kappa shape index (κ3) is 4.69. The first-order chi connectivity index (χ1) is 8.49. The summed E-state index contributed by atoms with van der Waals surface area (Å²) >= 11 is 0. The zero-order chi connectivity index (χ0) is 14.8. The Hall–Kier alpha value is -1.92. The van der Waals surface area contributed by atoms with Crippen molar-refractivity contribution in [1.82, 2.24) is 0 Å². The fourth-order valence-corrected chi connectivity index (χ4v) is 1.30. The highest BCUT2D eigenvalue weighted by Crippen LogP contribution is 2.35. The maximum absolute atomic E-state index is 12.6. The molecule has 19 heavy (non-hydrogen) atoms. The summed E-state index contributed by atoms with van der Waals surface area (Å²) in [6.45, 7) is 4.95. The summed E-state index contributed by atoms with van der Waals surface area (Å²) in [7, 11) is 0. The summed E-state index contributed by atoms with van der Waals surface area (Å²) in [6, 6.07) is 3.11. The maximum atomic E-state index is 12.6. The van der Waals surface area contributed by atoms with E-state index in [-0.39, 0.29) is 5.69 Å². The van der Waals surface area contributed by atoms with Crippen LogP contribution in [0, 0.1) is 0 Å². The molecule has 0 aliphatic rings. The lowest BCUT2D eigenvalue weighted by Gasteiger charge is -2.20. The average Bonchev–Trinajstić information content (AvgIpc) is 2.16. The lowest BCUT2D eigenvalue weighted by atomic mass is 10.1. The molecule has 1 amide bonds. The molecule has 0 atom stereocenters. The van der Waals surface area contributed by atoms with Gasteiger partial charge in [0.25, 0.3) is 0 Å². The number of alkyl halides is 3. The molecule has 0 saturated carbocycles. The minimum Gasteiger partial charge on any atom is -0.444 e. The van der Waals surface area contributed by atoms with Gasteiger partial charge in [0.1, 0.15) is 5.60 Å². The summed E-state index contributed by atoms with van der Waals surface area (Å²) in [6.07, 6.45) is -5.40. The highest BCUT2D eigenvalue weighted by molar-refractivity contribution is 5.85. The molecular formula is C12H15F3N2O2. The van der Waals surface area contributed by atoms with E-state index >= 15 is 0 Å². The topological polar surface area (TPSA) is 64.3 Å². The number of carbonyl (C=O) groups is 1. The van der Waals surface area contributed by atoms with Crippen molar-refractivity contribution < 1.29 is 22.7 Å². The normalized spacial score (nSPS) is 12.1. The molecule has 0 unspecified atom stereocenters. The Morgan fingerprint density at radius 1 is 1.26 bits per heavy atom. The molecule has 1 rings (SSSR count). The lowest BCUT2D eigenvalue weighted by Crippen LogP contribution is -2.27. The molecule has 0 heterocycles. The Balaban J connectivity index is 2.89. The number of anilines is 2. The molecule has 1 aromatic carbocycles. The van der Waals surface area contributed by atoms with Gasteiger partial charge in [0, 0.05) is 11.4 Å². The first-order valence-corrected chi connectivity index (χ1v) is 5.46. The van der Waals surface area contributed by atoms with Gasteiger partial charge < -0.3 is 10.5 Å². The standard InChI is InChI=1S/C12H15F3N2O2/c1-11(2,3)19-10(18)17-7-4-5-9(16)8(6-7)12(13,14)15/h4-6H,16H2,1-3H3,(H,17,18). The van der Waals surface area contributed by atoms with Crippen LogP contribution in [0.15, 0.2) is 18.2 Å². The van der Waals surface area contributed by atoms with Gasteiger partial charge in [0.15, 0.2) is 0 Å². The zero-order valence-corrected chi connectivity index (χ0v) is 10.8. The number of ether oxygens (including phenoxy) is 1. The van der Waals surface area contributed by atoms with Crippen LogP contribution in [0.4, 0.5) is 29.3 Å². The van der Waals surface area contributed by atoms with E-state index in [9.17, 15) is 18.0 Å². The van der Waals surface area contributed by atoms with Crippen molar-refractivity contribution in [2.45, 2.75) is 32.5 Å². The highest BCUT2D eigenvalue weighted by Gasteiger charge is 2.33. The van der Waals surface area contributed by atoms with E-state index in [0.29, 0.717) is 0 Å². The van der Waals surface area contributed by atoms with E-state index in [1.54, 1.807) is 20.8 Å². The number of amides is 1. The molecule has 3 N–H and O–H groups in total. The number of hydrogen-bond donors (Lipinski definition) is 2. The van der Waals surface area contributed by atoms with Gasteiger partial charge >= 0.3 is 12.3 Å². The van der Waals surface area contributed by atoms with Gasteiger partial charge in [-0.2, -0.15) is 13.2 Å². The van der Waals surface area contributed by atoms with Crippen LogP contribution >= 0.6 is 0 Å². The second kappa shape index (κ2) is 4.99. The van der Waals surface area contributed by atoms with E-state index in [1.807, 2.05) is 0 Å². The van der Waals surface area contributed by atoms with Crippen LogP contribution in [0.5, 0.6) is 0 Å². The van der Waals surface area contributed by atoms with Gasteiger partial charge in [-0.25, -0.2) is 4.79 Å². The van der Waals surface area contributed by atoms with Gasteiger partial charge in [0.05, 0.1) is 5.56 Å². The van der Waals surface area contributed by atoms with Crippen LogP contribution in [0.1, 0.15) is 26.3 Å². The van der Waals surface area contributed by atoms with Crippen LogP contribution in [-0.4, -0.2) is 11.7 Å². The summed E-state index contributed by atoms with van der Waals surface area (Å²) in [4.78, 5) is 11.4. The number of hydrogen-bond acceptors (Lipinski definition) is 3. The van der Waals surface area contributed by atoms with Crippen molar-refractivity contribution in [3.05, 3.63) is 23.8 Å². The first-order valence-electron chi connectivity index (χ1n) is 5.46. The quantitative estimate of drug-likeness (QED) is 0.770. The van der Waals surface area contributed by atoms with E-state index in [1.165, 1.54) is 6.07 Å². The Labute approximate surface area is 108 Å². The number of rotatable bonds is 1. The number of halogens is 3. The molecule has 7 heteroatoms. The smallest absolute Gasteiger partial charge is 0.418 e. The second-order valence-electron chi connectivity index (χ2n) is 4.93. The fourth-order valence-electron chi connectivity index (χ4n) is 1.30. The fraction of sp³-hybridized carbons (Fsp3) is 0.417. The monoisotopic (exact) mass is 276 g/mol. The summed E-state index contributed by atoms with van der Waals surface area (Å²) in [5.74, 6) is 0. The van der Waals surface area contributed by atoms with Crippen LogP contribution in [-0.2, 0) is 10.9 Å². The molecule has 0 aliphatic heterocycles. The van der Waals surface area contributed by atoms with Crippen molar-refractivity contribution in [2.24, 2.45) is 0 Å². The number of carbonyl (C=O) groups excluding carboxylic acids is 1. The predicted molar refractivity (Wildman–Crippen MR) is 65.7 cm³/mol. The summed E-state index contributed by atoms with van der Waals surface area (Å²) < 4.78 is 42.8. The molecule has 0 spiro atoms. The predicted octanol–water partition coefficient (Wildman–Crippen LogP) is 3.63. The Morgan fingerprint density at radius 2 is 1.84 bits per heavy atom. The van der Waals surface area contributed by atoms with Crippen LogP contribution in [0.3, 0.4) is 0 Å². The molecule has 0 aromatic heterocycles. The first kappa shape index (κ1) is 15.1. The van der Waals surface area contributed by atoms with E-state index in [2.05, 4.69) is 5.32 Å². The number of nitrogens with two attached hydrogens (primary N) is 1. The van der Waals surface area contributed by atoms with Gasteiger partial charge in [-0.05, 0) is 39.0 Å². The molecule has 1 aromatic rings. The Bertz CT molecular complexity index is 479. The maximum Gasteiger partial charge on any atom is 0.418 e. The van der Waals surface area contributed by atoms with Gasteiger partial charge in [-0.3, -0.25) is 5.32 Å². The molecular weight excluding hydrogens is 261 g/mol. The van der Waals surface area contributed by atoms with Gasteiger partial charge in [-0.15, -0.1) is 0 Å². The SMILES string of the molecule is CC(C)(C)OC(=O)Nc1ccc(N)c(C(F)(F)F)c1. The number of nitrogen functional groups attached to an aromatic ring is 1. The average molecular weight is 276 g/mol. The van der Waals surface area contributed by atoms with E-state index in [4.69, 9.17) is 10.5 Å². The van der Waals surface area contributed by atoms with Crippen LogP contribution in [0.25, 0.3) is 0 Å². The van der Waals surface area contributed by atoms with Crippen molar-refractivity contribution in [3.8, 4) is 0 Å². The minimum atomic E-state index is -4.57. The summed E-state index contributed by atoms with van der Waals surface area (Å²) in [5.41, 5.74) is 3.08. The molecule has 106 valence electrons. The minimum absolute atomic E-state index is 0.0317. The summed E-state index contributed by atoms with van der Waals surface area (Å²) in [5, 5.41) is 2.22. The molecule has 0 bridgehead atoms. The van der Waals surface area contributed by atoms with Crippen molar-refractivity contribution >= 4 is 17.5 Å². The second-order valence-corrected chi connectivity index (χ2v) is 4.93. The van der Waals surface area contributed by atoms with Crippen molar-refractivity contribution in [2.75, 3.05) is 11.1 Å². The third-order valence-corrected chi connectivity index (χ3v) is 2.00. The van der Waals surface area contributed by atoms with Gasteiger partial charge in [-0.1, -0.05) is 0 Å². The van der Waals surface area contributed by atoms with Gasteiger partial charge in [0.2, 0.25) is 0 Å². The van der Waals surface area contributed by atoms with E-state index < -0.39 is 29.1 Å². The van der Waals surface area contributed by atoms with Crippen LogP contribution < -0.4 is 11.1 Å². The lowest BCUT2D eigenvalue weighted by molar-refractivity contribution is -0.136. The highest BCUT2D eigenvalue weighted by atomic mass is 19.4. The molecule has 0 fully saturated rings. The zero-order valence-electron chi connectivity index (χ0n) is 10.8. The van der Waals surface area contributed by atoms with Crippen molar-refractivity contribution in [3.63, 3.8) is 0 Å². The Kier molecular flexibility index (Phi) is 3.97. The molecule has 0 aliphatic carbocycles. The molecule has 0 radical (unpaired) electrons. The van der Waals surface area contributed by atoms with Crippen LogP contribution in [0.2, 0.25) is 0 Å². The van der Waals surface area contributed by atoms with E-state index in [0.717, 1.165) is 12.1 Å².